The van der Waals surface area contributed by atoms with Gasteiger partial charge in [-0.25, -0.2) is 18.7 Å². The normalized spacial score (nSPS) is 17.2. The lowest BCUT2D eigenvalue weighted by Crippen LogP contribution is -2.38. The number of fused-ring (bicyclic) bond motifs is 1. The van der Waals surface area contributed by atoms with Crippen LogP contribution in [0.15, 0.2) is 30.6 Å². The van der Waals surface area contributed by atoms with Crippen molar-refractivity contribution in [2.75, 3.05) is 18.6 Å². The van der Waals surface area contributed by atoms with Gasteiger partial charge in [0.05, 0.1) is 17.7 Å². The zero-order valence-corrected chi connectivity index (χ0v) is 16.4. The molecule has 0 N–H and O–H groups in total. The van der Waals surface area contributed by atoms with Crippen molar-refractivity contribution in [3.8, 4) is 16.9 Å². The fourth-order valence-electron chi connectivity index (χ4n) is 3.90. The number of benzene rings is 2. The van der Waals surface area contributed by atoms with Crippen LogP contribution in [0.25, 0.3) is 22.0 Å². The highest BCUT2D eigenvalue weighted by molar-refractivity contribution is 6.34. The van der Waals surface area contributed by atoms with E-state index >= 15 is 4.39 Å². The Morgan fingerprint density at radius 1 is 1.18 bits per heavy atom. The van der Waals surface area contributed by atoms with Crippen LogP contribution in [0.5, 0.6) is 5.75 Å². The van der Waals surface area contributed by atoms with E-state index in [0.717, 1.165) is 25.8 Å². The summed E-state index contributed by atoms with van der Waals surface area (Å²) >= 11 is 6.45. The average molecular weight is 404 g/mol. The fraction of sp³-hybridized carbons (Fsp3) is 0.333. The van der Waals surface area contributed by atoms with Crippen molar-refractivity contribution in [2.45, 2.75) is 32.2 Å². The van der Waals surface area contributed by atoms with E-state index in [0.29, 0.717) is 17.2 Å². The number of piperidine rings is 1. The van der Waals surface area contributed by atoms with Crippen molar-refractivity contribution in [3.63, 3.8) is 0 Å². The standard InChI is InChI=1S/C21H20ClF2N3O/c1-12-6-3-4-9-27(12)21-13-10-14(22)17(19(24)20(13)25-11-26-21)18-15(23)7-5-8-16(18)28-2/h5,7-8,10-12H,3-4,6,9H2,1-2H3/t12-/m0/s1. The summed E-state index contributed by atoms with van der Waals surface area (Å²) in [7, 11) is 1.41. The molecule has 2 heterocycles. The van der Waals surface area contributed by atoms with Crippen LogP contribution in [-0.2, 0) is 0 Å². The summed E-state index contributed by atoms with van der Waals surface area (Å²) in [6.07, 6.45) is 4.61. The highest BCUT2D eigenvalue weighted by Gasteiger charge is 2.26. The lowest BCUT2D eigenvalue weighted by molar-refractivity contribution is 0.413. The second-order valence-electron chi connectivity index (χ2n) is 7.00. The van der Waals surface area contributed by atoms with Crippen molar-refractivity contribution >= 4 is 28.3 Å². The van der Waals surface area contributed by atoms with Crippen LogP contribution in [0.4, 0.5) is 14.6 Å². The maximum absolute atomic E-state index is 15.5. The Labute approximate surface area is 167 Å². The molecule has 4 nitrogen and oxygen atoms in total. The molecule has 1 aliphatic rings. The highest BCUT2D eigenvalue weighted by atomic mass is 35.5. The number of nitrogens with zero attached hydrogens (tertiary/aromatic N) is 3. The molecule has 3 aromatic rings. The molecule has 0 bridgehead atoms. The summed E-state index contributed by atoms with van der Waals surface area (Å²) in [6, 6.07) is 6.23. The van der Waals surface area contributed by atoms with Crippen molar-refractivity contribution < 1.29 is 13.5 Å². The van der Waals surface area contributed by atoms with E-state index in [1.807, 2.05) is 0 Å². The molecule has 4 rings (SSSR count). The lowest BCUT2D eigenvalue weighted by Gasteiger charge is -2.35. The smallest absolute Gasteiger partial charge is 0.159 e. The SMILES string of the molecule is COc1cccc(F)c1-c1c(Cl)cc2c(N3CCCC[C@@H]3C)ncnc2c1F. The van der Waals surface area contributed by atoms with Crippen LogP contribution >= 0.6 is 11.6 Å². The van der Waals surface area contributed by atoms with Gasteiger partial charge in [-0.15, -0.1) is 0 Å². The molecule has 1 atom stereocenters. The summed E-state index contributed by atoms with van der Waals surface area (Å²) in [5.41, 5.74) is 0.0499. The van der Waals surface area contributed by atoms with Gasteiger partial charge in [0.25, 0.3) is 0 Å². The first-order valence-electron chi connectivity index (χ1n) is 9.25. The Morgan fingerprint density at radius 3 is 2.75 bits per heavy atom. The van der Waals surface area contributed by atoms with Crippen LogP contribution in [0.1, 0.15) is 26.2 Å². The number of anilines is 1. The minimum absolute atomic E-state index is 0.0131. The topological polar surface area (TPSA) is 38.2 Å². The van der Waals surface area contributed by atoms with E-state index in [1.54, 1.807) is 12.1 Å². The minimum Gasteiger partial charge on any atom is -0.496 e. The Morgan fingerprint density at radius 2 is 2.00 bits per heavy atom. The molecule has 1 saturated heterocycles. The third kappa shape index (κ3) is 3.05. The van der Waals surface area contributed by atoms with Crippen LogP contribution in [0, 0.1) is 11.6 Å². The number of methoxy groups -OCH3 is 1. The second-order valence-corrected chi connectivity index (χ2v) is 7.40. The van der Waals surface area contributed by atoms with E-state index in [4.69, 9.17) is 16.3 Å². The van der Waals surface area contributed by atoms with E-state index in [1.165, 1.54) is 25.6 Å². The molecule has 0 radical (unpaired) electrons. The Bertz CT molecular complexity index is 1040. The molecule has 0 unspecified atom stereocenters. The highest BCUT2D eigenvalue weighted by Crippen LogP contribution is 2.42. The number of aromatic nitrogens is 2. The molecule has 2 aromatic carbocycles. The van der Waals surface area contributed by atoms with Crippen LogP contribution in [-0.4, -0.2) is 29.7 Å². The first-order valence-corrected chi connectivity index (χ1v) is 9.63. The second kappa shape index (κ2) is 7.51. The van der Waals surface area contributed by atoms with Crippen molar-refractivity contribution in [3.05, 3.63) is 47.2 Å². The van der Waals surface area contributed by atoms with E-state index in [2.05, 4.69) is 21.8 Å². The van der Waals surface area contributed by atoms with Gasteiger partial charge in [-0.1, -0.05) is 17.7 Å². The summed E-state index contributed by atoms with van der Waals surface area (Å²) in [4.78, 5) is 10.7. The summed E-state index contributed by atoms with van der Waals surface area (Å²) in [5.74, 6) is -0.429. The summed E-state index contributed by atoms with van der Waals surface area (Å²) < 4.78 is 35.3. The molecule has 1 aromatic heterocycles. The number of hydrogen-bond acceptors (Lipinski definition) is 4. The molecular weight excluding hydrogens is 384 g/mol. The van der Waals surface area contributed by atoms with Gasteiger partial charge in [-0.2, -0.15) is 0 Å². The van der Waals surface area contributed by atoms with E-state index < -0.39 is 11.6 Å². The van der Waals surface area contributed by atoms with Gasteiger partial charge in [0, 0.05) is 23.5 Å². The Kier molecular flexibility index (Phi) is 5.06. The number of hydrogen-bond donors (Lipinski definition) is 0. The predicted octanol–water partition coefficient (Wildman–Crippen LogP) is 5.62. The first-order chi connectivity index (χ1) is 13.5. The van der Waals surface area contributed by atoms with Gasteiger partial charge in [0.1, 0.15) is 29.2 Å². The zero-order chi connectivity index (χ0) is 19.8. The van der Waals surface area contributed by atoms with Crippen LogP contribution in [0.3, 0.4) is 0 Å². The molecule has 0 saturated carbocycles. The van der Waals surface area contributed by atoms with E-state index in [-0.39, 0.29) is 27.4 Å². The molecule has 0 aliphatic carbocycles. The fourth-order valence-corrected chi connectivity index (χ4v) is 4.19. The monoisotopic (exact) mass is 403 g/mol. The summed E-state index contributed by atoms with van der Waals surface area (Å²) in [6.45, 7) is 2.97. The zero-order valence-electron chi connectivity index (χ0n) is 15.7. The molecule has 0 spiro atoms. The molecule has 1 aliphatic heterocycles. The molecule has 7 heteroatoms. The lowest BCUT2D eigenvalue weighted by atomic mass is 9.99. The Balaban J connectivity index is 1.96. The van der Waals surface area contributed by atoms with Gasteiger partial charge in [0.2, 0.25) is 0 Å². The largest absolute Gasteiger partial charge is 0.496 e. The summed E-state index contributed by atoms with van der Waals surface area (Å²) in [5, 5.41) is 0.618. The maximum Gasteiger partial charge on any atom is 0.159 e. The van der Waals surface area contributed by atoms with Crippen molar-refractivity contribution in [1.82, 2.24) is 9.97 Å². The quantitative estimate of drug-likeness (QED) is 0.569. The van der Waals surface area contributed by atoms with Crippen molar-refractivity contribution in [2.24, 2.45) is 0 Å². The molecule has 1 fully saturated rings. The molecule has 0 amide bonds. The minimum atomic E-state index is -0.681. The van der Waals surface area contributed by atoms with Gasteiger partial charge < -0.3 is 9.64 Å². The average Bonchev–Trinajstić information content (AvgIpc) is 2.69. The number of ether oxygens (including phenoxy) is 1. The first kappa shape index (κ1) is 18.9. The molecule has 28 heavy (non-hydrogen) atoms. The van der Waals surface area contributed by atoms with Gasteiger partial charge in [-0.3, -0.25) is 0 Å². The van der Waals surface area contributed by atoms with Gasteiger partial charge >= 0.3 is 0 Å². The predicted molar refractivity (Wildman–Crippen MR) is 107 cm³/mol. The number of halogens is 3. The molecular formula is C21H20ClF2N3O. The van der Waals surface area contributed by atoms with Gasteiger partial charge in [-0.05, 0) is 44.4 Å². The molecule has 146 valence electrons. The number of rotatable bonds is 3. The third-order valence-electron chi connectivity index (χ3n) is 5.32. The Hall–Kier alpha value is -2.47. The van der Waals surface area contributed by atoms with E-state index in [9.17, 15) is 4.39 Å². The third-order valence-corrected chi connectivity index (χ3v) is 5.62. The maximum atomic E-state index is 15.5. The van der Waals surface area contributed by atoms with Crippen LogP contribution in [0.2, 0.25) is 5.02 Å². The van der Waals surface area contributed by atoms with Gasteiger partial charge in [0.15, 0.2) is 5.82 Å². The van der Waals surface area contributed by atoms with Crippen LogP contribution < -0.4 is 9.64 Å². The van der Waals surface area contributed by atoms with Crippen molar-refractivity contribution in [1.29, 1.82) is 0 Å².